The van der Waals surface area contributed by atoms with Gasteiger partial charge in [0.25, 0.3) is 0 Å². The molecule has 3 heterocycles. The third-order valence-corrected chi connectivity index (χ3v) is 9.58. The van der Waals surface area contributed by atoms with Crippen LogP contribution in [0.4, 0.5) is 0 Å². The van der Waals surface area contributed by atoms with Crippen LogP contribution in [0.3, 0.4) is 0 Å². The van der Waals surface area contributed by atoms with Crippen molar-refractivity contribution >= 4 is 15.9 Å². The van der Waals surface area contributed by atoms with Crippen molar-refractivity contribution in [3.63, 3.8) is 0 Å². The van der Waals surface area contributed by atoms with E-state index in [2.05, 4.69) is 4.90 Å². The second kappa shape index (κ2) is 9.21. The maximum atomic E-state index is 13.3. The molecule has 1 atom stereocenters. The van der Waals surface area contributed by atoms with Crippen LogP contribution in [0.1, 0.15) is 57.8 Å². The molecule has 32 heavy (non-hydrogen) atoms. The second-order valence-corrected chi connectivity index (χ2v) is 11.6. The Balaban J connectivity index is 1.23. The van der Waals surface area contributed by atoms with Gasteiger partial charge in [-0.3, -0.25) is 4.79 Å². The Morgan fingerprint density at radius 1 is 0.844 bits per heavy atom. The molecule has 3 aliphatic heterocycles. The fourth-order valence-electron chi connectivity index (χ4n) is 5.93. The number of likely N-dealkylation sites (tertiary alicyclic amines) is 1. The molecule has 0 N–H and O–H groups in total. The molecule has 0 bridgehead atoms. The SMILES string of the molecule is O=C(C1CCN(S(=O)(=O)c2ccc3c(c2)OCCCO3)CC1)N1CCCC1C1CCCC1. The predicted octanol–water partition coefficient (Wildman–Crippen LogP) is 3.43. The Labute approximate surface area is 191 Å². The number of amides is 1. The molecule has 3 fully saturated rings. The average molecular weight is 463 g/mol. The largest absolute Gasteiger partial charge is 0.490 e. The molecule has 0 aromatic heterocycles. The number of piperidine rings is 1. The van der Waals surface area contributed by atoms with Gasteiger partial charge in [-0.2, -0.15) is 4.31 Å². The van der Waals surface area contributed by atoms with E-state index in [1.165, 1.54) is 30.0 Å². The molecular weight excluding hydrogens is 428 g/mol. The minimum atomic E-state index is -3.63. The quantitative estimate of drug-likeness (QED) is 0.685. The second-order valence-electron chi connectivity index (χ2n) is 9.62. The molecule has 5 rings (SSSR count). The predicted molar refractivity (Wildman–Crippen MR) is 120 cm³/mol. The zero-order valence-electron chi connectivity index (χ0n) is 18.7. The summed E-state index contributed by atoms with van der Waals surface area (Å²) in [7, 11) is -3.63. The Hall–Kier alpha value is -1.80. The minimum absolute atomic E-state index is 0.0627. The molecule has 7 nitrogen and oxygen atoms in total. The maximum absolute atomic E-state index is 13.3. The molecule has 2 saturated heterocycles. The van der Waals surface area contributed by atoms with Gasteiger partial charge in [0, 0.05) is 44.1 Å². The fraction of sp³-hybridized carbons (Fsp3) is 0.708. The Morgan fingerprint density at radius 3 is 2.31 bits per heavy atom. The summed E-state index contributed by atoms with van der Waals surface area (Å²) in [5.74, 6) is 1.94. The molecule has 0 radical (unpaired) electrons. The summed E-state index contributed by atoms with van der Waals surface area (Å²) in [6.07, 6.45) is 9.28. The Kier molecular flexibility index (Phi) is 6.34. The van der Waals surface area contributed by atoms with Crippen molar-refractivity contribution in [2.24, 2.45) is 11.8 Å². The van der Waals surface area contributed by atoms with Gasteiger partial charge in [0.05, 0.1) is 18.1 Å². The number of sulfonamides is 1. The maximum Gasteiger partial charge on any atom is 0.243 e. The van der Waals surface area contributed by atoms with Crippen molar-refractivity contribution in [3.05, 3.63) is 18.2 Å². The van der Waals surface area contributed by atoms with Gasteiger partial charge < -0.3 is 14.4 Å². The van der Waals surface area contributed by atoms with Crippen LogP contribution in [0.25, 0.3) is 0 Å². The monoisotopic (exact) mass is 462 g/mol. The summed E-state index contributed by atoms with van der Waals surface area (Å²) in [5.41, 5.74) is 0. The van der Waals surface area contributed by atoms with Gasteiger partial charge >= 0.3 is 0 Å². The molecule has 4 aliphatic rings. The fourth-order valence-corrected chi connectivity index (χ4v) is 7.41. The summed E-state index contributed by atoms with van der Waals surface area (Å²) in [5, 5.41) is 0. The number of carbonyl (C=O) groups is 1. The van der Waals surface area contributed by atoms with Gasteiger partial charge in [0.2, 0.25) is 15.9 Å². The molecule has 0 spiro atoms. The highest BCUT2D eigenvalue weighted by Crippen LogP contribution is 2.38. The number of nitrogens with zero attached hydrogens (tertiary/aromatic N) is 2. The van der Waals surface area contributed by atoms with E-state index in [-0.39, 0.29) is 16.7 Å². The van der Waals surface area contributed by atoms with Crippen LogP contribution in [-0.2, 0) is 14.8 Å². The van der Waals surface area contributed by atoms with Crippen LogP contribution in [0, 0.1) is 11.8 Å². The summed E-state index contributed by atoms with van der Waals surface area (Å²) < 4.78 is 39.3. The first-order valence-electron chi connectivity index (χ1n) is 12.2. The third-order valence-electron chi connectivity index (χ3n) is 7.69. The van der Waals surface area contributed by atoms with Crippen molar-refractivity contribution < 1.29 is 22.7 Å². The van der Waals surface area contributed by atoms with Gasteiger partial charge in [0.1, 0.15) is 0 Å². The molecule has 8 heteroatoms. The van der Waals surface area contributed by atoms with E-state index in [0.717, 1.165) is 25.8 Å². The van der Waals surface area contributed by atoms with E-state index in [4.69, 9.17) is 9.47 Å². The smallest absolute Gasteiger partial charge is 0.243 e. The molecule has 1 aliphatic carbocycles. The summed E-state index contributed by atoms with van der Waals surface area (Å²) in [4.78, 5) is 15.7. The number of ether oxygens (including phenoxy) is 2. The van der Waals surface area contributed by atoms with Crippen LogP contribution >= 0.6 is 0 Å². The zero-order chi connectivity index (χ0) is 22.1. The number of fused-ring (bicyclic) bond motifs is 1. The number of carbonyl (C=O) groups excluding carboxylic acids is 1. The molecule has 176 valence electrons. The van der Waals surface area contributed by atoms with Crippen LogP contribution in [0.2, 0.25) is 0 Å². The van der Waals surface area contributed by atoms with Gasteiger partial charge in [-0.25, -0.2) is 8.42 Å². The summed E-state index contributed by atoms with van der Waals surface area (Å²) in [6, 6.07) is 5.26. The first-order valence-corrected chi connectivity index (χ1v) is 13.7. The molecule has 1 saturated carbocycles. The van der Waals surface area contributed by atoms with E-state index in [1.807, 2.05) is 0 Å². The normalized spacial score (nSPS) is 25.8. The first-order chi connectivity index (χ1) is 15.5. The zero-order valence-corrected chi connectivity index (χ0v) is 19.5. The van der Waals surface area contributed by atoms with Crippen molar-refractivity contribution in [2.75, 3.05) is 32.8 Å². The van der Waals surface area contributed by atoms with Crippen LogP contribution < -0.4 is 9.47 Å². The lowest BCUT2D eigenvalue weighted by molar-refractivity contribution is -0.138. The summed E-state index contributed by atoms with van der Waals surface area (Å²) >= 11 is 0. The lowest BCUT2D eigenvalue weighted by atomic mass is 9.92. The average Bonchev–Trinajstić information content (AvgIpc) is 3.46. The van der Waals surface area contributed by atoms with E-state index in [1.54, 1.807) is 18.2 Å². The lowest BCUT2D eigenvalue weighted by Crippen LogP contribution is -2.47. The van der Waals surface area contributed by atoms with Crippen molar-refractivity contribution in [1.82, 2.24) is 9.21 Å². The van der Waals surface area contributed by atoms with Gasteiger partial charge in [-0.15, -0.1) is 0 Å². The van der Waals surface area contributed by atoms with Crippen molar-refractivity contribution in [3.8, 4) is 11.5 Å². The number of hydrogen-bond donors (Lipinski definition) is 0. The van der Waals surface area contributed by atoms with E-state index in [9.17, 15) is 13.2 Å². The molecular formula is C24H34N2O5S. The molecule has 1 amide bonds. The van der Waals surface area contributed by atoms with Crippen LogP contribution in [0.5, 0.6) is 11.5 Å². The van der Waals surface area contributed by atoms with Crippen LogP contribution in [0.15, 0.2) is 23.1 Å². The highest BCUT2D eigenvalue weighted by atomic mass is 32.2. The molecule has 1 aromatic rings. The van der Waals surface area contributed by atoms with E-state index >= 15 is 0 Å². The van der Waals surface area contributed by atoms with E-state index in [0.29, 0.717) is 62.6 Å². The Morgan fingerprint density at radius 2 is 1.56 bits per heavy atom. The standard InChI is InChI=1S/C24H34N2O5S/c27-24(26-12-3-7-21(26)18-5-1-2-6-18)19-10-13-25(14-11-19)32(28,29)20-8-9-22-23(17-20)31-16-4-15-30-22/h8-9,17-19,21H,1-7,10-16H2. The van der Waals surface area contributed by atoms with Crippen LogP contribution in [-0.4, -0.2) is 62.4 Å². The van der Waals surface area contributed by atoms with Gasteiger partial charge in [-0.1, -0.05) is 12.8 Å². The lowest BCUT2D eigenvalue weighted by Gasteiger charge is -2.36. The highest BCUT2D eigenvalue weighted by molar-refractivity contribution is 7.89. The molecule has 1 aromatic carbocycles. The third kappa shape index (κ3) is 4.23. The van der Waals surface area contributed by atoms with E-state index < -0.39 is 10.0 Å². The number of hydrogen-bond acceptors (Lipinski definition) is 5. The highest BCUT2D eigenvalue weighted by Gasteiger charge is 2.40. The number of rotatable bonds is 4. The number of benzene rings is 1. The van der Waals surface area contributed by atoms with Gasteiger partial charge in [0.15, 0.2) is 11.5 Å². The van der Waals surface area contributed by atoms with Crippen molar-refractivity contribution in [1.29, 1.82) is 0 Å². The first kappa shape index (κ1) is 22.0. The van der Waals surface area contributed by atoms with Crippen molar-refractivity contribution in [2.45, 2.75) is 68.7 Å². The van der Waals surface area contributed by atoms with Gasteiger partial charge in [-0.05, 0) is 56.6 Å². The summed E-state index contributed by atoms with van der Waals surface area (Å²) in [6.45, 7) is 2.72. The topological polar surface area (TPSA) is 76.2 Å². The molecule has 1 unspecified atom stereocenters. The minimum Gasteiger partial charge on any atom is -0.490 e. The Bertz CT molecular complexity index is 936.